The van der Waals surface area contributed by atoms with Crippen LogP contribution in [0.5, 0.6) is 0 Å². The van der Waals surface area contributed by atoms with E-state index in [-0.39, 0.29) is 27.9 Å². The summed E-state index contributed by atoms with van der Waals surface area (Å²) in [5.74, 6) is 4.31. The van der Waals surface area contributed by atoms with Gasteiger partial charge in [-0.05, 0) is 91.3 Å². The van der Waals surface area contributed by atoms with Crippen molar-refractivity contribution < 1.29 is 14.6 Å². The Bertz CT molecular complexity index is 724. The Morgan fingerprint density at radius 3 is 2.45 bits per heavy atom. The maximum Gasteiger partial charge on any atom is 0.302 e. The number of hydrogen-bond acceptors (Lipinski definition) is 3. The number of aliphatic hydroxyl groups is 1. The van der Waals surface area contributed by atoms with Crippen LogP contribution in [0, 0.1) is 46.3 Å². The van der Waals surface area contributed by atoms with Crippen LogP contribution in [-0.4, -0.2) is 27.6 Å². The second-order valence-electron chi connectivity index (χ2n) is 13.4. The van der Waals surface area contributed by atoms with Gasteiger partial charge < -0.3 is 9.84 Å². The van der Waals surface area contributed by atoms with E-state index in [2.05, 4.69) is 50.5 Å². The third-order valence-electron chi connectivity index (χ3n) is 11.3. The van der Waals surface area contributed by atoms with Crippen molar-refractivity contribution in [1.29, 1.82) is 0 Å². The number of ether oxygens (including phenoxy) is 1. The van der Waals surface area contributed by atoms with Crippen molar-refractivity contribution in [3.05, 3.63) is 0 Å². The molecular formula is C29H49BrO3. The topological polar surface area (TPSA) is 46.5 Å². The summed E-state index contributed by atoms with van der Waals surface area (Å²) in [5, 5.41) is 11.6. The van der Waals surface area contributed by atoms with Crippen molar-refractivity contribution in [3.63, 3.8) is 0 Å². The molecule has 0 aromatic carbocycles. The van der Waals surface area contributed by atoms with Gasteiger partial charge in [0, 0.05) is 13.3 Å². The lowest BCUT2D eigenvalue weighted by molar-refractivity contribution is -0.170. The Morgan fingerprint density at radius 2 is 1.79 bits per heavy atom. The van der Waals surface area contributed by atoms with Gasteiger partial charge in [0.1, 0.15) is 6.10 Å². The number of hydrogen-bond donors (Lipinski definition) is 1. The number of halogens is 1. The van der Waals surface area contributed by atoms with E-state index < -0.39 is 0 Å². The molecule has 1 N–H and O–H groups in total. The van der Waals surface area contributed by atoms with Gasteiger partial charge in [0.15, 0.2) is 0 Å². The van der Waals surface area contributed by atoms with Crippen LogP contribution in [0.4, 0.5) is 0 Å². The first kappa shape index (κ1) is 26.0. The Labute approximate surface area is 211 Å². The van der Waals surface area contributed by atoms with Crippen molar-refractivity contribution in [2.24, 2.45) is 46.3 Å². The highest BCUT2D eigenvalue weighted by Crippen LogP contribution is 2.70. The van der Waals surface area contributed by atoms with Crippen LogP contribution >= 0.6 is 15.9 Å². The molecule has 0 aromatic rings. The zero-order valence-electron chi connectivity index (χ0n) is 22.0. The van der Waals surface area contributed by atoms with Crippen molar-refractivity contribution in [2.45, 2.75) is 129 Å². The van der Waals surface area contributed by atoms with Crippen molar-refractivity contribution >= 4 is 21.9 Å². The quantitative estimate of drug-likeness (QED) is 0.288. The predicted molar refractivity (Wildman–Crippen MR) is 138 cm³/mol. The van der Waals surface area contributed by atoms with Gasteiger partial charge in [0.25, 0.3) is 0 Å². The SMILES string of the molecule is CC(=O)OC1CC[C@]2(C)[C@H]3CC[C@]4(C)[C@@H]([C@H](C)CCCC(C)C)CC[C@H]4[C@@H]3CC(O)[C@@]2(Br)C1. The van der Waals surface area contributed by atoms with Gasteiger partial charge in [-0.25, -0.2) is 0 Å². The minimum Gasteiger partial charge on any atom is -0.463 e. The van der Waals surface area contributed by atoms with Crippen LogP contribution in [0.25, 0.3) is 0 Å². The highest BCUT2D eigenvalue weighted by Gasteiger charge is 2.67. The third-order valence-corrected chi connectivity index (χ3v) is 13.0. The number of aliphatic hydroxyl groups excluding tert-OH is 1. The Morgan fingerprint density at radius 1 is 1.06 bits per heavy atom. The summed E-state index contributed by atoms with van der Waals surface area (Å²) in [6.07, 6.45) is 12.6. The molecule has 4 fully saturated rings. The molecule has 3 nitrogen and oxygen atoms in total. The largest absolute Gasteiger partial charge is 0.463 e. The fourth-order valence-electron chi connectivity index (χ4n) is 9.56. The van der Waals surface area contributed by atoms with Crippen LogP contribution in [0.1, 0.15) is 112 Å². The lowest BCUT2D eigenvalue weighted by atomic mass is 9.43. The molecule has 0 spiro atoms. The summed E-state index contributed by atoms with van der Waals surface area (Å²) < 4.78 is 5.29. The van der Waals surface area contributed by atoms with Crippen molar-refractivity contribution in [3.8, 4) is 0 Å². The molecule has 190 valence electrons. The van der Waals surface area contributed by atoms with Crippen LogP contribution in [0.2, 0.25) is 0 Å². The normalized spacial score (nSPS) is 48.0. The molecule has 4 aliphatic rings. The summed E-state index contributed by atoms with van der Waals surface area (Å²) in [7, 11) is 0. The van der Waals surface area contributed by atoms with Crippen LogP contribution < -0.4 is 0 Å². The fourth-order valence-corrected chi connectivity index (χ4v) is 10.6. The van der Waals surface area contributed by atoms with Gasteiger partial charge in [0.05, 0.1) is 10.4 Å². The molecule has 33 heavy (non-hydrogen) atoms. The number of esters is 1. The van der Waals surface area contributed by atoms with E-state index in [1.807, 2.05) is 0 Å². The molecule has 4 saturated carbocycles. The maximum atomic E-state index is 11.6. The lowest BCUT2D eigenvalue weighted by Crippen LogP contribution is -2.66. The van der Waals surface area contributed by atoms with Crippen LogP contribution in [-0.2, 0) is 9.53 Å². The number of alkyl halides is 1. The van der Waals surface area contributed by atoms with Crippen LogP contribution in [0.15, 0.2) is 0 Å². The molecule has 0 amide bonds. The Hall–Kier alpha value is -0.0900. The molecule has 0 bridgehead atoms. The van der Waals surface area contributed by atoms with E-state index in [1.54, 1.807) is 0 Å². The molecule has 10 atom stereocenters. The van der Waals surface area contributed by atoms with E-state index >= 15 is 0 Å². The first-order chi connectivity index (χ1) is 15.4. The standard InChI is InChI=1S/C29H49BrO3/c1-18(2)8-7-9-19(3)23-10-11-24-22-16-26(32)29(30)17-21(33-20(4)31)12-15-28(29,6)25(22)13-14-27(23,24)5/h18-19,21-26,32H,7-17H2,1-6H3/t19-,21?,22+,23-,24+,25+,26?,27-,28-,29+/m1/s1. The zero-order valence-corrected chi connectivity index (χ0v) is 23.6. The molecule has 0 aliphatic heterocycles. The van der Waals surface area contributed by atoms with Crippen molar-refractivity contribution in [1.82, 2.24) is 0 Å². The molecule has 0 radical (unpaired) electrons. The van der Waals surface area contributed by atoms with Gasteiger partial charge >= 0.3 is 5.97 Å². The molecule has 2 unspecified atom stereocenters. The first-order valence-corrected chi connectivity index (χ1v) is 14.8. The molecule has 0 aromatic heterocycles. The molecule has 0 heterocycles. The molecule has 4 rings (SSSR count). The second-order valence-corrected chi connectivity index (χ2v) is 14.8. The zero-order chi connectivity index (χ0) is 24.2. The minimum atomic E-state index is -0.369. The summed E-state index contributed by atoms with van der Waals surface area (Å²) in [6.45, 7) is 13.8. The Balaban J connectivity index is 1.51. The van der Waals surface area contributed by atoms with Gasteiger partial charge in [-0.1, -0.05) is 69.8 Å². The van der Waals surface area contributed by atoms with Gasteiger partial charge in [-0.15, -0.1) is 0 Å². The lowest BCUT2D eigenvalue weighted by Gasteiger charge is -2.65. The van der Waals surface area contributed by atoms with Crippen LogP contribution in [0.3, 0.4) is 0 Å². The Kier molecular flexibility index (Phi) is 7.41. The number of carbonyl (C=O) groups excluding carboxylic acids is 1. The summed E-state index contributed by atoms with van der Waals surface area (Å²) in [5.41, 5.74) is 0.504. The highest BCUT2D eigenvalue weighted by molar-refractivity contribution is 9.10. The molecule has 4 aliphatic carbocycles. The smallest absolute Gasteiger partial charge is 0.302 e. The monoisotopic (exact) mass is 524 g/mol. The molecular weight excluding hydrogens is 476 g/mol. The highest BCUT2D eigenvalue weighted by atomic mass is 79.9. The second kappa shape index (κ2) is 9.41. The minimum absolute atomic E-state index is 0.0638. The summed E-state index contributed by atoms with van der Waals surface area (Å²) >= 11 is 4.11. The third kappa shape index (κ3) is 4.36. The number of rotatable bonds is 6. The average molecular weight is 526 g/mol. The van der Waals surface area contributed by atoms with Gasteiger partial charge in [-0.3, -0.25) is 4.79 Å². The fraction of sp³-hybridized carbons (Fsp3) is 0.966. The predicted octanol–water partition coefficient (Wildman–Crippen LogP) is 7.53. The first-order valence-electron chi connectivity index (χ1n) is 14.0. The average Bonchev–Trinajstić information content (AvgIpc) is 3.07. The van der Waals surface area contributed by atoms with E-state index in [0.29, 0.717) is 17.3 Å². The maximum absolute atomic E-state index is 11.6. The number of carbonyl (C=O) groups is 1. The number of fused-ring (bicyclic) bond motifs is 5. The van der Waals surface area contributed by atoms with Crippen molar-refractivity contribution in [2.75, 3.05) is 0 Å². The van der Waals surface area contributed by atoms with E-state index in [4.69, 9.17) is 4.74 Å². The van der Waals surface area contributed by atoms with E-state index in [1.165, 1.54) is 51.9 Å². The van der Waals surface area contributed by atoms with E-state index in [9.17, 15) is 9.90 Å². The van der Waals surface area contributed by atoms with Gasteiger partial charge in [0.2, 0.25) is 0 Å². The summed E-state index contributed by atoms with van der Waals surface area (Å²) in [4.78, 5) is 11.6. The molecule has 4 heteroatoms. The summed E-state index contributed by atoms with van der Waals surface area (Å²) in [6, 6.07) is 0. The molecule has 0 saturated heterocycles. The van der Waals surface area contributed by atoms with Gasteiger partial charge in [-0.2, -0.15) is 0 Å². The van der Waals surface area contributed by atoms with E-state index in [0.717, 1.165) is 49.4 Å².